The maximum atomic E-state index is 4.89. The summed E-state index contributed by atoms with van der Waals surface area (Å²) in [6, 6.07) is 1.22. The van der Waals surface area contributed by atoms with Gasteiger partial charge in [-0.05, 0) is 31.1 Å². The standard InChI is InChI=1S/C15H28N2S/c1-4-12-6-5-7-13(10-12)16-15-17-14(11(2)3)8-9-18-15/h11-14H,4-10H2,1-3H3,(H,16,17). The van der Waals surface area contributed by atoms with Gasteiger partial charge in [-0.15, -0.1) is 0 Å². The van der Waals surface area contributed by atoms with E-state index in [9.17, 15) is 0 Å². The van der Waals surface area contributed by atoms with Crippen LogP contribution in [0.25, 0.3) is 0 Å². The first-order valence-electron chi connectivity index (χ1n) is 7.66. The summed E-state index contributed by atoms with van der Waals surface area (Å²) in [5.41, 5.74) is 0. The highest BCUT2D eigenvalue weighted by Crippen LogP contribution is 2.28. The molecule has 0 amide bonds. The van der Waals surface area contributed by atoms with Crippen molar-refractivity contribution < 1.29 is 0 Å². The van der Waals surface area contributed by atoms with Crippen LogP contribution in [0.5, 0.6) is 0 Å². The van der Waals surface area contributed by atoms with Gasteiger partial charge in [-0.1, -0.05) is 51.8 Å². The molecule has 1 saturated carbocycles. The molecular formula is C15H28N2S. The van der Waals surface area contributed by atoms with Crippen LogP contribution in [0.15, 0.2) is 4.99 Å². The van der Waals surface area contributed by atoms with Gasteiger partial charge in [-0.3, -0.25) is 4.99 Å². The summed E-state index contributed by atoms with van der Waals surface area (Å²) < 4.78 is 0. The molecule has 0 saturated heterocycles. The van der Waals surface area contributed by atoms with Gasteiger partial charge in [0.05, 0.1) is 6.04 Å². The molecule has 0 aromatic rings. The van der Waals surface area contributed by atoms with Gasteiger partial charge in [0.1, 0.15) is 0 Å². The highest BCUT2D eigenvalue weighted by Gasteiger charge is 2.24. The molecule has 1 heterocycles. The summed E-state index contributed by atoms with van der Waals surface area (Å²) in [5.74, 6) is 2.85. The van der Waals surface area contributed by atoms with Crippen LogP contribution < -0.4 is 5.32 Å². The maximum Gasteiger partial charge on any atom is 0.157 e. The van der Waals surface area contributed by atoms with Crippen LogP contribution in [0.3, 0.4) is 0 Å². The second-order valence-electron chi connectivity index (χ2n) is 6.16. The van der Waals surface area contributed by atoms with E-state index in [2.05, 4.69) is 26.1 Å². The zero-order valence-corrected chi connectivity index (χ0v) is 12.9. The predicted molar refractivity (Wildman–Crippen MR) is 82.3 cm³/mol. The summed E-state index contributed by atoms with van der Waals surface area (Å²) in [6.45, 7) is 6.90. The van der Waals surface area contributed by atoms with E-state index in [1.807, 2.05) is 11.8 Å². The molecule has 3 heteroatoms. The molecule has 3 unspecified atom stereocenters. The van der Waals surface area contributed by atoms with Gasteiger partial charge in [0.25, 0.3) is 0 Å². The fourth-order valence-corrected chi connectivity index (χ4v) is 4.07. The van der Waals surface area contributed by atoms with Gasteiger partial charge in [0.15, 0.2) is 5.17 Å². The Balaban J connectivity index is 1.88. The monoisotopic (exact) mass is 268 g/mol. The minimum atomic E-state index is 0.541. The van der Waals surface area contributed by atoms with Gasteiger partial charge >= 0.3 is 0 Å². The number of nitrogens with one attached hydrogen (secondary N) is 1. The van der Waals surface area contributed by atoms with Crippen molar-refractivity contribution >= 4 is 16.9 Å². The van der Waals surface area contributed by atoms with E-state index in [0.29, 0.717) is 18.0 Å². The first-order valence-corrected chi connectivity index (χ1v) is 8.64. The van der Waals surface area contributed by atoms with Crippen LogP contribution in [0.4, 0.5) is 0 Å². The molecule has 1 N–H and O–H groups in total. The van der Waals surface area contributed by atoms with E-state index >= 15 is 0 Å². The third kappa shape index (κ3) is 3.91. The van der Waals surface area contributed by atoms with Crippen LogP contribution in [-0.4, -0.2) is 23.0 Å². The molecule has 0 aromatic heterocycles. The van der Waals surface area contributed by atoms with Crippen LogP contribution >= 0.6 is 11.8 Å². The van der Waals surface area contributed by atoms with Gasteiger partial charge < -0.3 is 5.32 Å². The quantitative estimate of drug-likeness (QED) is 0.834. The Hall–Kier alpha value is -0.180. The average Bonchev–Trinajstić information content (AvgIpc) is 2.39. The Morgan fingerprint density at radius 3 is 2.89 bits per heavy atom. The third-order valence-corrected chi connectivity index (χ3v) is 5.33. The lowest BCUT2D eigenvalue weighted by molar-refractivity contribution is 0.300. The molecule has 3 atom stereocenters. The number of nitrogens with zero attached hydrogens (tertiary/aromatic N) is 1. The molecule has 1 aliphatic carbocycles. The molecule has 2 aliphatic rings. The molecule has 0 radical (unpaired) electrons. The molecule has 104 valence electrons. The lowest BCUT2D eigenvalue weighted by Gasteiger charge is -2.32. The lowest BCUT2D eigenvalue weighted by atomic mass is 9.84. The first-order chi connectivity index (χ1) is 8.69. The van der Waals surface area contributed by atoms with Crippen LogP contribution in [-0.2, 0) is 0 Å². The van der Waals surface area contributed by atoms with E-state index in [0.717, 1.165) is 5.92 Å². The number of amidine groups is 1. The van der Waals surface area contributed by atoms with Crippen molar-refractivity contribution in [2.45, 2.75) is 71.4 Å². The van der Waals surface area contributed by atoms with Crippen molar-refractivity contribution in [3.05, 3.63) is 0 Å². The van der Waals surface area contributed by atoms with E-state index in [-0.39, 0.29) is 0 Å². The van der Waals surface area contributed by atoms with Crippen LogP contribution in [0, 0.1) is 11.8 Å². The lowest BCUT2D eigenvalue weighted by Crippen LogP contribution is -2.39. The Kier molecular flexibility index (Phi) is 5.40. The molecule has 18 heavy (non-hydrogen) atoms. The summed E-state index contributed by atoms with van der Waals surface area (Å²) in [4.78, 5) is 4.89. The Morgan fingerprint density at radius 1 is 1.33 bits per heavy atom. The minimum Gasteiger partial charge on any atom is -0.362 e. The Labute approximate surface area is 116 Å². The van der Waals surface area contributed by atoms with E-state index in [1.54, 1.807) is 0 Å². The number of rotatable bonds is 3. The SMILES string of the molecule is CCC1CCCC(NC2=NC(C(C)C)CCS2)C1. The van der Waals surface area contributed by atoms with Crippen LogP contribution in [0.2, 0.25) is 0 Å². The maximum absolute atomic E-state index is 4.89. The summed E-state index contributed by atoms with van der Waals surface area (Å²) >= 11 is 1.93. The van der Waals surface area contributed by atoms with Crippen molar-refractivity contribution in [3.8, 4) is 0 Å². The minimum absolute atomic E-state index is 0.541. The number of hydrogen-bond donors (Lipinski definition) is 1. The van der Waals surface area contributed by atoms with Gasteiger partial charge in [0, 0.05) is 11.8 Å². The molecular weight excluding hydrogens is 240 g/mol. The first kappa shape index (κ1) is 14.2. The molecule has 2 rings (SSSR count). The second kappa shape index (κ2) is 6.83. The summed E-state index contributed by atoms with van der Waals surface area (Å²) in [7, 11) is 0. The van der Waals surface area contributed by atoms with Gasteiger partial charge in [0.2, 0.25) is 0 Å². The molecule has 1 aliphatic heterocycles. The zero-order chi connectivity index (χ0) is 13.0. The highest BCUT2D eigenvalue weighted by molar-refractivity contribution is 8.13. The molecule has 0 aromatic carbocycles. The van der Waals surface area contributed by atoms with Gasteiger partial charge in [-0.25, -0.2) is 0 Å². The van der Waals surface area contributed by atoms with Crippen molar-refractivity contribution in [1.82, 2.24) is 5.32 Å². The second-order valence-corrected chi connectivity index (χ2v) is 7.25. The van der Waals surface area contributed by atoms with E-state index < -0.39 is 0 Å². The number of aliphatic imine (C=N–C) groups is 1. The Bertz CT molecular complexity index is 288. The van der Waals surface area contributed by atoms with Crippen molar-refractivity contribution in [2.24, 2.45) is 16.8 Å². The fourth-order valence-electron chi connectivity index (χ4n) is 3.06. The molecule has 2 nitrogen and oxygen atoms in total. The largest absolute Gasteiger partial charge is 0.362 e. The fraction of sp³-hybridized carbons (Fsp3) is 0.933. The smallest absolute Gasteiger partial charge is 0.157 e. The molecule has 0 bridgehead atoms. The van der Waals surface area contributed by atoms with Gasteiger partial charge in [-0.2, -0.15) is 0 Å². The number of hydrogen-bond acceptors (Lipinski definition) is 3. The summed E-state index contributed by atoms with van der Waals surface area (Å²) in [5, 5.41) is 4.94. The van der Waals surface area contributed by atoms with E-state index in [4.69, 9.17) is 4.99 Å². The molecule has 1 fully saturated rings. The van der Waals surface area contributed by atoms with Crippen molar-refractivity contribution in [2.75, 3.05) is 5.75 Å². The van der Waals surface area contributed by atoms with E-state index in [1.165, 1.54) is 49.4 Å². The van der Waals surface area contributed by atoms with Crippen molar-refractivity contribution in [1.29, 1.82) is 0 Å². The normalized spacial score (nSPS) is 33.3. The van der Waals surface area contributed by atoms with Crippen LogP contribution in [0.1, 0.15) is 59.3 Å². The number of thioether (sulfide) groups is 1. The topological polar surface area (TPSA) is 24.4 Å². The molecule has 0 spiro atoms. The zero-order valence-electron chi connectivity index (χ0n) is 12.1. The average molecular weight is 268 g/mol. The van der Waals surface area contributed by atoms with Crippen molar-refractivity contribution in [3.63, 3.8) is 0 Å². The third-order valence-electron chi connectivity index (χ3n) is 4.39. The highest BCUT2D eigenvalue weighted by atomic mass is 32.2. The summed E-state index contributed by atoms with van der Waals surface area (Å²) in [6.07, 6.45) is 8.09. The Morgan fingerprint density at radius 2 is 2.17 bits per heavy atom. The predicted octanol–water partition coefficient (Wildman–Crippen LogP) is 4.06.